The number of hydrogen-bond acceptors (Lipinski definition) is 0. The average molecular weight is 215 g/mol. The van der Waals surface area contributed by atoms with Crippen molar-refractivity contribution in [1.82, 2.24) is 0 Å². The van der Waals surface area contributed by atoms with Gasteiger partial charge in [-0.1, -0.05) is 43.7 Å². The molecule has 4 bridgehead atoms. The molecule has 2 aliphatic heterocycles. The third-order valence-electron chi connectivity index (χ3n) is 6.58. The zero-order valence-corrected chi connectivity index (χ0v) is 10.5. The highest BCUT2D eigenvalue weighted by Crippen LogP contribution is 2.64. The van der Waals surface area contributed by atoms with Crippen molar-refractivity contribution >= 4 is 7.28 Å². The van der Waals surface area contributed by atoms with Gasteiger partial charge in [-0.2, -0.15) is 0 Å². The summed E-state index contributed by atoms with van der Waals surface area (Å²) in [7, 11) is 2.79. The van der Waals surface area contributed by atoms with Gasteiger partial charge in [-0.3, -0.25) is 0 Å². The van der Waals surface area contributed by atoms with Gasteiger partial charge in [0.05, 0.1) is 0 Å². The first-order valence-corrected chi connectivity index (χ1v) is 7.71. The van der Waals surface area contributed by atoms with E-state index in [1.807, 2.05) is 0 Å². The zero-order chi connectivity index (χ0) is 10.6. The Labute approximate surface area is 101 Å². The summed E-state index contributed by atoms with van der Waals surface area (Å²) in [6, 6.07) is 0. The maximum absolute atomic E-state index is 2.79. The second kappa shape index (κ2) is 3.53. The minimum absolute atomic E-state index is 0.841. The van der Waals surface area contributed by atoms with Gasteiger partial charge in [0.1, 0.15) is 7.28 Å². The quantitative estimate of drug-likeness (QED) is 0.567. The van der Waals surface area contributed by atoms with E-state index in [2.05, 4.69) is 7.28 Å². The number of fused-ring (bicyclic) bond motifs is 4. The summed E-state index contributed by atoms with van der Waals surface area (Å²) >= 11 is 0. The predicted molar refractivity (Wildman–Crippen MR) is 68.8 cm³/mol. The van der Waals surface area contributed by atoms with Crippen LogP contribution in [0.25, 0.3) is 0 Å². The molecule has 4 rings (SSSR count). The van der Waals surface area contributed by atoms with E-state index in [-0.39, 0.29) is 0 Å². The Bertz CT molecular complexity index is 277. The van der Waals surface area contributed by atoms with Crippen molar-refractivity contribution in [3.8, 4) is 0 Å². The summed E-state index contributed by atoms with van der Waals surface area (Å²) in [6.07, 6.45) is 15.7. The molecule has 0 aromatic carbocycles. The molecule has 2 heterocycles. The van der Waals surface area contributed by atoms with Gasteiger partial charge in [0.25, 0.3) is 0 Å². The summed E-state index contributed by atoms with van der Waals surface area (Å²) < 4.78 is 0. The number of hydrogen-bond donors (Lipinski definition) is 0. The monoisotopic (exact) mass is 215 g/mol. The van der Waals surface area contributed by atoms with Crippen LogP contribution in [0.1, 0.15) is 64.2 Å². The average Bonchev–Trinajstić information content (AvgIpc) is 2.90. The molecule has 4 aliphatic rings. The van der Waals surface area contributed by atoms with Crippen LogP contribution in [0.3, 0.4) is 0 Å². The molecule has 0 nitrogen and oxygen atoms in total. The van der Waals surface area contributed by atoms with Crippen molar-refractivity contribution in [2.24, 2.45) is 17.3 Å². The molecule has 0 spiro atoms. The molecule has 0 amide bonds. The first kappa shape index (κ1) is 10.0. The molecular formula is C15H24B. The Balaban J connectivity index is 1.58. The van der Waals surface area contributed by atoms with E-state index in [0.29, 0.717) is 0 Å². The Kier molecular flexibility index (Phi) is 2.21. The third-order valence-corrected chi connectivity index (χ3v) is 6.58. The molecular weight excluding hydrogens is 191 g/mol. The minimum Gasteiger partial charge on any atom is -0.0686 e. The lowest BCUT2D eigenvalue weighted by atomic mass is 9.38. The molecule has 16 heavy (non-hydrogen) atoms. The van der Waals surface area contributed by atoms with Gasteiger partial charge in [0.15, 0.2) is 0 Å². The van der Waals surface area contributed by atoms with Crippen molar-refractivity contribution in [2.45, 2.75) is 75.8 Å². The molecule has 2 saturated carbocycles. The summed E-state index contributed by atoms with van der Waals surface area (Å²) in [6.45, 7) is 0. The normalized spacial score (nSPS) is 55.0. The van der Waals surface area contributed by atoms with Crippen molar-refractivity contribution in [2.75, 3.05) is 0 Å². The lowest BCUT2D eigenvalue weighted by molar-refractivity contribution is 0.125. The van der Waals surface area contributed by atoms with Crippen molar-refractivity contribution in [3.05, 3.63) is 0 Å². The molecule has 1 heteroatoms. The van der Waals surface area contributed by atoms with Crippen LogP contribution < -0.4 is 0 Å². The van der Waals surface area contributed by atoms with E-state index in [4.69, 9.17) is 0 Å². The van der Waals surface area contributed by atoms with Gasteiger partial charge in [-0.25, -0.2) is 0 Å². The number of rotatable bonds is 1. The molecule has 0 aromatic heterocycles. The van der Waals surface area contributed by atoms with Crippen LogP contribution in [-0.4, -0.2) is 7.28 Å². The minimum atomic E-state index is 0.841. The van der Waals surface area contributed by atoms with E-state index in [9.17, 15) is 0 Å². The van der Waals surface area contributed by atoms with Gasteiger partial charge >= 0.3 is 0 Å². The first-order chi connectivity index (χ1) is 7.86. The maximum Gasteiger partial charge on any atom is 0.118 e. The van der Waals surface area contributed by atoms with Gasteiger partial charge in [-0.15, -0.1) is 0 Å². The second-order valence-corrected chi connectivity index (χ2v) is 7.24. The molecule has 2 aliphatic carbocycles. The molecule has 0 N–H and O–H groups in total. The van der Waals surface area contributed by atoms with Crippen molar-refractivity contribution in [1.29, 1.82) is 0 Å². The Hall–Kier alpha value is 0.0649. The Morgan fingerprint density at radius 2 is 1.75 bits per heavy atom. The molecule has 3 atom stereocenters. The second-order valence-electron chi connectivity index (χ2n) is 7.24. The largest absolute Gasteiger partial charge is 0.118 e. The van der Waals surface area contributed by atoms with E-state index >= 15 is 0 Å². The van der Waals surface area contributed by atoms with Gasteiger partial charge < -0.3 is 0 Å². The third kappa shape index (κ3) is 1.36. The van der Waals surface area contributed by atoms with Crippen LogP contribution in [0.15, 0.2) is 0 Å². The van der Waals surface area contributed by atoms with Crippen LogP contribution in [0.2, 0.25) is 11.6 Å². The van der Waals surface area contributed by atoms with Crippen molar-refractivity contribution in [3.63, 3.8) is 0 Å². The molecule has 3 unspecified atom stereocenters. The fraction of sp³-hybridized carbons (Fsp3) is 1.00. The fourth-order valence-electron chi connectivity index (χ4n) is 5.86. The van der Waals surface area contributed by atoms with Gasteiger partial charge in [-0.05, 0) is 49.4 Å². The molecule has 4 fully saturated rings. The lowest BCUT2D eigenvalue weighted by Crippen LogP contribution is -2.38. The summed E-state index contributed by atoms with van der Waals surface area (Å²) in [5, 5.41) is 0. The van der Waals surface area contributed by atoms with Crippen LogP contribution in [0.4, 0.5) is 0 Å². The Morgan fingerprint density at radius 3 is 2.50 bits per heavy atom. The predicted octanol–water partition coefficient (Wildman–Crippen LogP) is 4.44. The molecule has 2 saturated heterocycles. The van der Waals surface area contributed by atoms with Gasteiger partial charge in [0, 0.05) is 0 Å². The molecule has 1 radical (unpaired) electrons. The topological polar surface area (TPSA) is 0 Å². The zero-order valence-electron chi connectivity index (χ0n) is 10.5. The first-order valence-electron chi connectivity index (χ1n) is 7.71. The highest BCUT2D eigenvalue weighted by atomic mass is 14.6. The van der Waals surface area contributed by atoms with Crippen LogP contribution >= 0.6 is 0 Å². The lowest BCUT2D eigenvalue weighted by Gasteiger charge is -2.48. The molecule has 0 aromatic rings. The SMILES string of the molecule is [B]1C2CCCC1C(C13CCC(CC1)C3)CC2. The summed E-state index contributed by atoms with van der Waals surface area (Å²) in [5.74, 6) is 4.30. The summed E-state index contributed by atoms with van der Waals surface area (Å²) in [5.41, 5.74) is 0.841. The highest BCUT2D eigenvalue weighted by molar-refractivity contribution is 6.40. The standard InChI is InChI=1S/C15H24B/c1-2-12-4-5-13(14(3-1)16-12)15-8-6-11(10-15)7-9-15/h11-14H,1-10H2. The van der Waals surface area contributed by atoms with Gasteiger partial charge in [0.2, 0.25) is 0 Å². The smallest absolute Gasteiger partial charge is 0.0686 e. The Morgan fingerprint density at radius 1 is 0.875 bits per heavy atom. The van der Waals surface area contributed by atoms with Crippen LogP contribution in [-0.2, 0) is 0 Å². The summed E-state index contributed by atoms with van der Waals surface area (Å²) in [4.78, 5) is 0. The maximum atomic E-state index is 2.79. The van der Waals surface area contributed by atoms with Crippen LogP contribution in [0.5, 0.6) is 0 Å². The fourth-order valence-corrected chi connectivity index (χ4v) is 5.86. The highest BCUT2D eigenvalue weighted by Gasteiger charge is 2.52. The van der Waals surface area contributed by atoms with E-state index in [0.717, 1.165) is 28.9 Å². The van der Waals surface area contributed by atoms with E-state index < -0.39 is 0 Å². The van der Waals surface area contributed by atoms with E-state index in [1.165, 1.54) is 25.7 Å². The van der Waals surface area contributed by atoms with Crippen molar-refractivity contribution < 1.29 is 0 Å². The molecule has 87 valence electrons. The van der Waals surface area contributed by atoms with Crippen LogP contribution in [0, 0.1) is 17.3 Å². The van der Waals surface area contributed by atoms with E-state index in [1.54, 1.807) is 38.5 Å².